The van der Waals surface area contributed by atoms with Crippen LogP contribution in [0.25, 0.3) is 0 Å². The molecule has 0 aliphatic rings. The number of nitrogens with one attached hydrogen (secondary N) is 3. The van der Waals surface area contributed by atoms with Gasteiger partial charge < -0.3 is 5.32 Å². The minimum absolute atomic E-state index is 0.299. The van der Waals surface area contributed by atoms with Crippen molar-refractivity contribution < 1.29 is 13.2 Å². The first kappa shape index (κ1) is 13.1. The Labute approximate surface area is 110 Å². The van der Waals surface area contributed by atoms with Crippen LogP contribution >= 0.6 is 0 Å². The van der Waals surface area contributed by atoms with Gasteiger partial charge in [0.25, 0.3) is 5.91 Å². The van der Waals surface area contributed by atoms with E-state index in [1.54, 1.807) is 6.20 Å². The first-order valence-electron chi connectivity index (χ1n) is 5.32. The third kappa shape index (κ3) is 3.81. The van der Waals surface area contributed by atoms with Crippen LogP contribution in [0.2, 0.25) is 0 Å². The van der Waals surface area contributed by atoms with Gasteiger partial charge in [0.15, 0.2) is 0 Å². The van der Waals surface area contributed by atoms with Gasteiger partial charge in [-0.05, 0) is 24.3 Å². The van der Waals surface area contributed by atoms with Crippen LogP contribution < -0.4 is 10.0 Å². The van der Waals surface area contributed by atoms with Crippen molar-refractivity contribution >= 4 is 27.3 Å². The fraction of sp³-hybridized carbons (Fsp3) is 0.0909. The fourth-order valence-corrected chi connectivity index (χ4v) is 1.99. The molecule has 0 unspecified atom stereocenters. The highest BCUT2D eigenvalue weighted by Crippen LogP contribution is 2.12. The van der Waals surface area contributed by atoms with Crippen LogP contribution in [0.5, 0.6) is 0 Å². The number of carbonyl (C=O) groups excluding carboxylic acids is 1. The summed E-state index contributed by atoms with van der Waals surface area (Å²) in [6.07, 6.45) is 4.10. The first-order chi connectivity index (χ1) is 8.94. The van der Waals surface area contributed by atoms with Gasteiger partial charge in [0.2, 0.25) is 10.0 Å². The maximum Gasteiger partial charge on any atom is 0.255 e. The Kier molecular flexibility index (Phi) is 3.52. The standard InChI is InChI=1S/C11H12N4O3S/c1-19(17,18)15-9-4-2-8(3-5-9)11(16)14-10-6-12-13-7-10/h2-7,15H,1H3,(H,12,13)(H,14,16). The highest BCUT2D eigenvalue weighted by Gasteiger charge is 2.07. The number of sulfonamides is 1. The number of rotatable bonds is 4. The molecular formula is C11H12N4O3S. The lowest BCUT2D eigenvalue weighted by Gasteiger charge is -2.05. The molecule has 1 aromatic heterocycles. The van der Waals surface area contributed by atoms with E-state index in [4.69, 9.17) is 0 Å². The third-order valence-electron chi connectivity index (χ3n) is 2.21. The number of aromatic amines is 1. The van der Waals surface area contributed by atoms with E-state index in [9.17, 15) is 13.2 Å². The Hall–Kier alpha value is -2.35. The van der Waals surface area contributed by atoms with Crippen LogP contribution in [0, 0.1) is 0 Å². The average molecular weight is 280 g/mol. The number of anilines is 2. The topological polar surface area (TPSA) is 104 Å². The zero-order chi connectivity index (χ0) is 13.9. The van der Waals surface area contributed by atoms with E-state index in [2.05, 4.69) is 20.2 Å². The van der Waals surface area contributed by atoms with E-state index in [0.29, 0.717) is 16.9 Å². The lowest BCUT2D eigenvalue weighted by atomic mass is 10.2. The normalized spacial score (nSPS) is 11.0. The summed E-state index contributed by atoms with van der Waals surface area (Å²) in [5, 5.41) is 8.92. The number of aromatic nitrogens is 2. The molecular weight excluding hydrogens is 268 g/mol. The fourth-order valence-electron chi connectivity index (χ4n) is 1.43. The quantitative estimate of drug-likeness (QED) is 0.778. The van der Waals surface area contributed by atoms with Gasteiger partial charge in [-0.25, -0.2) is 8.42 Å². The van der Waals surface area contributed by atoms with Crippen LogP contribution in [-0.4, -0.2) is 30.8 Å². The van der Waals surface area contributed by atoms with Crippen molar-refractivity contribution in [2.75, 3.05) is 16.3 Å². The highest BCUT2D eigenvalue weighted by molar-refractivity contribution is 7.92. The molecule has 8 heteroatoms. The number of benzene rings is 1. The van der Waals surface area contributed by atoms with Crippen LogP contribution in [0.4, 0.5) is 11.4 Å². The maximum atomic E-state index is 11.8. The van der Waals surface area contributed by atoms with E-state index < -0.39 is 10.0 Å². The molecule has 0 atom stereocenters. The Morgan fingerprint density at radius 3 is 2.42 bits per heavy atom. The van der Waals surface area contributed by atoms with Crippen LogP contribution in [-0.2, 0) is 10.0 Å². The number of nitrogens with zero attached hydrogens (tertiary/aromatic N) is 1. The second kappa shape index (κ2) is 5.11. The molecule has 0 bridgehead atoms. The molecule has 2 rings (SSSR count). The van der Waals surface area contributed by atoms with Gasteiger partial charge in [0.1, 0.15) is 0 Å². The van der Waals surface area contributed by atoms with Gasteiger partial charge in [0, 0.05) is 17.4 Å². The minimum atomic E-state index is -3.31. The number of amides is 1. The summed E-state index contributed by atoms with van der Waals surface area (Å²) in [6, 6.07) is 6.10. The van der Waals surface area contributed by atoms with Crippen molar-refractivity contribution in [1.82, 2.24) is 10.2 Å². The van der Waals surface area contributed by atoms with Crippen LogP contribution in [0.15, 0.2) is 36.7 Å². The molecule has 0 radical (unpaired) electrons. The van der Waals surface area contributed by atoms with Crippen molar-refractivity contribution in [2.45, 2.75) is 0 Å². The van der Waals surface area contributed by atoms with Crippen molar-refractivity contribution in [3.05, 3.63) is 42.2 Å². The third-order valence-corrected chi connectivity index (χ3v) is 2.81. The van der Waals surface area contributed by atoms with E-state index in [1.807, 2.05) is 0 Å². The molecule has 0 saturated carbocycles. The summed E-state index contributed by atoms with van der Waals surface area (Å²) < 4.78 is 24.4. The SMILES string of the molecule is CS(=O)(=O)Nc1ccc(C(=O)Nc2cn[nH]c2)cc1. The Bertz CT molecular complexity index is 662. The minimum Gasteiger partial charge on any atom is -0.319 e. The van der Waals surface area contributed by atoms with Gasteiger partial charge in [-0.15, -0.1) is 0 Å². The summed E-state index contributed by atoms with van der Waals surface area (Å²) in [7, 11) is -3.31. The summed E-state index contributed by atoms with van der Waals surface area (Å²) in [6.45, 7) is 0. The number of hydrogen-bond acceptors (Lipinski definition) is 4. The van der Waals surface area contributed by atoms with Crippen molar-refractivity contribution in [2.24, 2.45) is 0 Å². The highest BCUT2D eigenvalue weighted by atomic mass is 32.2. The molecule has 19 heavy (non-hydrogen) atoms. The molecule has 1 amide bonds. The number of H-pyrrole nitrogens is 1. The molecule has 0 spiro atoms. The molecule has 0 saturated heterocycles. The summed E-state index contributed by atoms with van der Waals surface area (Å²) in [5.74, 6) is -0.299. The first-order valence-corrected chi connectivity index (χ1v) is 7.21. The number of carbonyl (C=O) groups is 1. The second-order valence-corrected chi connectivity index (χ2v) is 5.64. The smallest absolute Gasteiger partial charge is 0.255 e. The average Bonchev–Trinajstić information content (AvgIpc) is 2.80. The van der Waals surface area contributed by atoms with Gasteiger partial charge >= 0.3 is 0 Å². The molecule has 100 valence electrons. The van der Waals surface area contributed by atoms with Crippen molar-refractivity contribution in [1.29, 1.82) is 0 Å². The molecule has 0 aliphatic carbocycles. The zero-order valence-electron chi connectivity index (χ0n) is 10.0. The van der Waals surface area contributed by atoms with E-state index in [-0.39, 0.29) is 5.91 Å². The van der Waals surface area contributed by atoms with Crippen molar-refractivity contribution in [3.63, 3.8) is 0 Å². The maximum absolute atomic E-state index is 11.8. The predicted octanol–water partition coefficient (Wildman–Crippen LogP) is 1.03. The molecule has 1 aromatic carbocycles. The van der Waals surface area contributed by atoms with Gasteiger partial charge in [-0.1, -0.05) is 0 Å². The zero-order valence-corrected chi connectivity index (χ0v) is 10.9. The van der Waals surface area contributed by atoms with Gasteiger partial charge in [-0.3, -0.25) is 14.6 Å². The molecule has 2 aromatic rings. The largest absolute Gasteiger partial charge is 0.319 e. The Morgan fingerprint density at radius 1 is 1.21 bits per heavy atom. The predicted molar refractivity (Wildman–Crippen MR) is 71.4 cm³/mol. The second-order valence-electron chi connectivity index (χ2n) is 3.89. The van der Waals surface area contributed by atoms with Gasteiger partial charge in [-0.2, -0.15) is 5.10 Å². The molecule has 0 fully saturated rings. The van der Waals surface area contributed by atoms with E-state index in [0.717, 1.165) is 6.26 Å². The van der Waals surface area contributed by atoms with Crippen molar-refractivity contribution in [3.8, 4) is 0 Å². The lowest BCUT2D eigenvalue weighted by molar-refractivity contribution is 0.102. The van der Waals surface area contributed by atoms with Crippen LogP contribution in [0.1, 0.15) is 10.4 Å². The Morgan fingerprint density at radius 2 is 1.89 bits per heavy atom. The summed E-state index contributed by atoms with van der Waals surface area (Å²) >= 11 is 0. The molecule has 3 N–H and O–H groups in total. The Balaban J connectivity index is 2.08. The number of hydrogen-bond donors (Lipinski definition) is 3. The summed E-state index contributed by atoms with van der Waals surface area (Å²) in [4.78, 5) is 11.8. The molecule has 0 aliphatic heterocycles. The lowest BCUT2D eigenvalue weighted by Crippen LogP contribution is -2.12. The van der Waals surface area contributed by atoms with Gasteiger partial charge in [0.05, 0.1) is 18.1 Å². The van der Waals surface area contributed by atoms with E-state index >= 15 is 0 Å². The van der Waals surface area contributed by atoms with Crippen LogP contribution in [0.3, 0.4) is 0 Å². The monoisotopic (exact) mass is 280 g/mol. The summed E-state index contributed by atoms with van der Waals surface area (Å²) in [5.41, 5.74) is 1.38. The van der Waals surface area contributed by atoms with E-state index in [1.165, 1.54) is 30.5 Å². The molecule has 7 nitrogen and oxygen atoms in total. The molecule has 1 heterocycles.